The van der Waals surface area contributed by atoms with E-state index in [1.54, 1.807) is 6.33 Å². The van der Waals surface area contributed by atoms with E-state index in [0.717, 1.165) is 12.8 Å². The van der Waals surface area contributed by atoms with Gasteiger partial charge in [0.1, 0.15) is 11.7 Å². The summed E-state index contributed by atoms with van der Waals surface area (Å²) in [6.07, 6.45) is 3.87. The van der Waals surface area contributed by atoms with Gasteiger partial charge in [0.05, 0.1) is 12.4 Å². The molecule has 0 bridgehead atoms. The third-order valence-corrected chi connectivity index (χ3v) is 2.99. The maximum atomic E-state index is 5.77. The Labute approximate surface area is 97.8 Å². The van der Waals surface area contributed by atoms with Crippen LogP contribution in [0.2, 0.25) is 0 Å². The smallest absolute Gasteiger partial charge is 0.224 e. The number of rotatable bonds is 1. The monoisotopic (exact) mass is 234 g/mol. The molecule has 3 heterocycles. The van der Waals surface area contributed by atoms with Crippen molar-refractivity contribution in [2.45, 2.75) is 32.1 Å². The molecule has 0 aromatic carbocycles. The van der Waals surface area contributed by atoms with Crippen molar-refractivity contribution in [3.63, 3.8) is 0 Å². The van der Waals surface area contributed by atoms with Crippen molar-refractivity contribution in [2.75, 3.05) is 11.5 Å². The zero-order valence-corrected chi connectivity index (χ0v) is 9.50. The predicted octanol–water partition coefficient (Wildman–Crippen LogP) is 0.688. The molecule has 3 rings (SSSR count). The Kier molecular flexibility index (Phi) is 2.15. The molecule has 1 saturated heterocycles. The van der Waals surface area contributed by atoms with Crippen LogP contribution in [0.25, 0.3) is 11.2 Å². The van der Waals surface area contributed by atoms with E-state index in [0.29, 0.717) is 17.0 Å². The van der Waals surface area contributed by atoms with E-state index in [1.807, 2.05) is 4.57 Å². The van der Waals surface area contributed by atoms with Crippen molar-refractivity contribution in [3.05, 3.63) is 6.33 Å². The maximum Gasteiger partial charge on any atom is 0.224 e. The number of nitrogen functional groups attached to an aromatic ring is 2. The van der Waals surface area contributed by atoms with Crippen LogP contribution in [0.5, 0.6) is 0 Å². The summed E-state index contributed by atoms with van der Waals surface area (Å²) in [7, 11) is 0. The van der Waals surface area contributed by atoms with Gasteiger partial charge in [0, 0.05) is 0 Å². The fourth-order valence-corrected chi connectivity index (χ4v) is 2.15. The second-order valence-electron chi connectivity index (χ2n) is 4.27. The highest BCUT2D eigenvalue weighted by Crippen LogP contribution is 2.30. The lowest BCUT2D eigenvalue weighted by molar-refractivity contribution is 0.0132. The first-order chi connectivity index (χ1) is 8.15. The van der Waals surface area contributed by atoms with Gasteiger partial charge in [-0.3, -0.25) is 4.57 Å². The zero-order valence-electron chi connectivity index (χ0n) is 9.50. The van der Waals surface area contributed by atoms with E-state index in [-0.39, 0.29) is 18.3 Å². The van der Waals surface area contributed by atoms with Gasteiger partial charge in [-0.05, 0) is 19.8 Å². The number of nitrogens with two attached hydrogens (primary N) is 2. The molecule has 0 spiro atoms. The van der Waals surface area contributed by atoms with Gasteiger partial charge in [-0.1, -0.05) is 0 Å². The average molecular weight is 234 g/mol. The van der Waals surface area contributed by atoms with E-state index < -0.39 is 0 Å². The van der Waals surface area contributed by atoms with E-state index in [1.165, 1.54) is 0 Å². The average Bonchev–Trinajstić information content (AvgIpc) is 2.83. The number of hydrogen-bond acceptors (Lipinski definition) is 6. The quantitative estimate of drug-likeness (QED) is 0.752. The number of fused-ring (bicyclic) bond motifs is 1. The number of nitrogens with zero attached hydrogens (tertiary/aromatic N) is 4. The van der Waals surface area contributed by atoms with Gasteiger partial charge in [0.2, 0.25) is 5.95 Å². The molecule has 4 N–H and O–H groups in total. The Bertz CT molecular complexity index is 565. The number of anilines is 2. The first-order valence-corrected chi connectivity index (χ1v) is 5.56. The summed E-state index contributed by atoms with van der Waals surface area (Å²) in [6.45, 7) is 2.05. The summed E-state index contributed by atoms with van der Waals surface area (Å²) in [5.41, 5.74) is 12.5. The summed E-state index contributed by atoms with van der Waals surface area (Å²) in [4.78, 5) is 12.3. The van der Waals surface area contributed by atoms with E-state index in [4.69, 9.17) is 16.2 Å². The molecule has 7 nitrogen and oxygen atoms in total. The molecule has 0 aliphatic carbocycles. The van der Waals surface area contributed by atoms with Crippen LogP contribution in [-0.4, -0.2) is 25.6 Å². The van der Waals surface area contributed by atoms with Gasteiger partial charge in [-0.15, -0.1) is 0 Å². The lowest BCUT2D eigenvalue weighted by Crippen LogP contribution is -2.10. The van der Waals surface area contributed by atoms with Crippen molar-refractivity contribution in [2.24, 2.45) is 0 Å². The molecule has 2 aromatic heterocycles. The summed E-state index contributed by atoms with van der Waals surface area (Å²) in [5, 5.41) is 0. The van der Waals surface area contributed by atoms with Gasteiger partial charge in [0.15, 0.2) is 11.5 Å². The van der Waals surface area contributed by atoms with Crippen LogP contribution in [0, 0.1) is 0 Å². The number of aromatic nitrogens is 4. The van der Waals surface area contributed by atoms with Crippen molar-refractivity contribution in [1.82, 2.24) is 19.5 Å². The van der Waals surface area contributed by atoms with Crippen molar-refractivity contribution < 1.29 is 4.74 Å². The van der Waals surface area contributed by atoms with Crippen LogP contribution >= 0.6 is 0 Å². The summed E-state index contributed by atoms with van der Waals surface area (Å²) in [6, 6.07) is 0. The van der Waals surface area contributed by atoms with Crippen LogP contribution in [0.4, 0.5) is 11.8 Å². The van der Waals surface area contributed by atoms with Gasteiger partial charge in [-0.25, -0.2) is 4.98 Å². The second kappa shape index (κ2) is 3.56. The summed E-state index contributed by atoms with van der Waals surface area (Å²) in [5.74, 6) is 0.458. The molecular weight excluding hydrogens is 220 g/mol. The van der Waals surface area contributed by atoms with E-state index in [2.05, 4.69) is 21.9 Å². The molecule has 0 saturated carbocycles. The zero-order chi connectivity index (χ0) is 12.0. The highest BCUT2D eigenvalue weighted by atomic mass is 16.5. The minimum atomic E-state index is -0.0382. The number of imidazole rings is 1. The minimum Gasteiger partial charge on any atom is -0.382 e. The fourth-order valence-electron chi connectivity index (χ4n) is 2.15. The normalized spacial score (nSPS) is 24.5. The SMILES string of the molecule is CC1CCC(n2cnc3c(N)nc(N)nc32)O1. The number of ether oxygens (including phenoxy) is 1. The molecule has 17 heavy (non-hydrogen) atoms. The first kappa shape index (κ1) is 10.3. The van der Waals surface area contributed by atoms with Gasteiger partial charge in [0.25, 0.3) is 0 Å². The lowest BCUT2D eigenvalue weighted by Gasteiger charge is -2.13. The third kappa shape index (κ3) is 1.59. The minimum absolute atomic E-state index is 0.0382. The molecule has 7 heteroatoms. The molecule has 1 aliphatic rings. The highest BCUT2D eigenvalue weighted by molar-refractivity contribution is 5.82. The lowest BCUT2D eigenvalue weighted by atomic mass is 10.2. The molecule has 0 amide bonds. The first-order valence-electron chi connectivity index (χ1n) is 5.56. The Morgan fingerprint density at radius 1 is 1.35 bits per heavy atom. The Morgan fingerprint density at radius 2 is 2.18 bits per heavy atom. The van der Waals surface area contributed by atoms with Gasteiger partial charge >= 0.3 is 0 Å². The van der Waals surface area contributed by atoms with E-state index in [9.17, 15) is 0 Å². The molecule has 1 aliphatic heterocycles. The van der Waals surface area contributed by atoms with Gasteiger partial charge < -0.3 is 16.2 Å². The highest BCUT2D eigenvalue weighted by Gasteiger charge is 2.25. The van der Waals surface area contributed by atoms with E-state index >= 15 is 0 Å². The standard InChI is InChI=1S/C10H14N6O/c1-5-2-3-6(17-5)16-4-13-7-8(11)14-10(12)15-9(7)16/h4-6H,2-3H2,1H3,(H4,11,12,14,15). The molecule has 2 aromatic rings. The Balaban J connectivity index is 2.11. The van der Waals surface area contributed by atoms with Crippen LogP contribution in [0.3, 0.4) is 0 Å². The van der Waals surface area contributed by atoms with Gasteiger partial charge in [-0.2, -0.15) is 9.97 Å². The third-order valence-electron chi connectivity index (χ3n) is 2.99. The predicted molar refractivity (Wildman–Crippen MR) is 63.0 cm³/mol. The Hall–Kier alpha value is -1.89. The van der Waals surface area contributed by atoms with Crippen molar-refractivity contribution >= 4 is 22.9 Å². The van der Waals surface area contributed by atoms with Crippen molar-refractivity contribution in [3.8, 4) is 0 Å². The van der Waals surface area contributed by atoms with Crippen LogP contribution in [0.15, 0.2) is 6.33 Å². The van der Waals surface area contributed by atoms with Crippen LogP contribution in [-0.2, 0) is 4.74 Å². The molecule has 2 unspecified atom stereocenters. The molecule has 2 atom stereocenters. The Morgan fingerprint density at radius 3 is 2.88 bits per heavy atom. The van der Waals surface area contributed by atoms with Crippen LogP contribution < -0.4 is 11.5 Å². The van der Waals surface area contributed by atoms with Crippen molar-refractivity contribution in [1.29, 1.82) is 0 Å². The molecular formula is C10H14N6O. The molecule has 90 valence electrons. The second-order valence-corrected chi connectivity index (χ2v) is 4.27. The maximum absolute atomic E-state index is 5.77. The van der Waals surface area contributed by atoms with Crippen LogP contribution in [0.1, 0.15) is 26.0 Å². The molecule has 1 fully saturated rings. The largest absolute Gasteiger partial charge is 0.382 e. The summed E-state index contributed by atoms with van der Waals surface area (Å²) >= 11 is 0. The topological polar surface area (TPSA) is 105 Å². The fraction of sp³-hybridized carbons (Fsp3) is 0.500. The number of hydrogen-bond donors (Lipinski definition) is 2. The summed E-state index contributed by atoms with van der Waals surface area (Å²) < 4.78 is 7.64. The molecule has 0 radical (unpaired) electrons.